The Morgan fingerprint density at radius 3 is 2.22 bits per heavy atom. The van der Waals surface area contributed by atoms with Crippen molar-refractivity contribution in [1.29, 1.82) is 0 Å². The molecule has 2 atom stereocenters. The number of amidine groups is 1. The molecule has 0 spiro atoms. The monoisotopic (exact) mass is 656 g/mol. The lowest BCUT2D eigenvalue weighted by molar-refractivity contribution is -0.192. The van der Waals surface area contributed by atoms with Crippen LogP contribution in [-0.4, -0.2) is 108 Å². The van der Waals surface area contributed by atoms with Gasteiger partial charge in [0.1, 0.15) is 17.3 Å². The van der Waals surface area contributed by atoms with Gasteiger partial charge in [0.25, 0.3) is 0 Å². The van der Waals surface area contributed by atoms with Crippen molar-refractivity contribution in [3.8, 4) is 11.5 Å². The van der Waals surface area contributed by atoms with Crippen LogP contribution < -0.4 is 9.47 Å². The van der Waals surface area contributed by atoms with Gasteiger partial charge >= 0.3 is 18.2 Å². The summed E-state index contributed by atoms with van der Waals surface area (Å²) in [5.41, 5.74) is 1.77. The number of β-amino-alcohol motifs (C(OH)–C–C–N with tert-alkyl or cyclic N) is 1. The van der Waals surface area contributed by atoms with E-state index in [1.165, 1.54) is 0 Å². The first-order chi connectivity index (χ1) is 21.3. The number of aliphatic hydroxyl groups excluding tert-OH is 1. The van der Waals surface area contributed by atoms with Gasteiger partial charge in [0.05, 0.1) is 37.5 Å². The van der Waals surface area contributed by atoms with E-state index in [0.29, 0.717) is 42.0 Å². The highest BCUT2D eigenvalue weighted by atomic mass is 35.5. The number of urea groups is 1. The number of carbonyl (C=O) groups excluding carboxylic acids is 1. The molecule has 0 saturated carbocycles. The number of nitrogens with zero attached hydrogens (tertiary/aromatic N) is 4. The van der Waals surface area contributed by atoms with Crippen LogP contribution in [0.25, 0.3) is 0 Å². The molecule has 2 aromatic carbocycles. The molecule has 0 aliphatic carbocycles. The lowest BCUT2D eigenvalue weighted by Gasteiger charge is -2.39. The van der Waals surface area contributed by atoms with Gasteiger partial charge in [-0.2, -0.15) is 13.2 Å². The third-order valence-corrected chi connectivity index (χ3v) is 7.51. The molecular formula is C31H40ClF3N4O6. The first-order valence-corrected chi connectivity index (χ1v) is 15.1. The molecule has 0 aromatic heterocycles. The van der Waals surface area contributed by atoms with Crippen molar-refractivity contribution in [2.24, 2.45) is 4.99 Å². The number of carboxylic acid groups (broad SMARTS) is 1. The van der Waals surface area contributed by atoms with Gasteiger partial charge < -0.3 is 24.6 Å². The number of rotatable bonds is 9. The highest BCUT2D eigenvalue weighted by molar-refractivity contribution is 6.30. The molecule has 4 rings (SSSR count). The van der Waals surface area contributed by atoms with E-state index in [2.05, 4.69) is 11.8 Å². The van der Waals surface area contributed by atoms with Crippen LogP contribution in [0.5, 0.6) is 11.5 Å². The number of aliphatic carboxylic acids is 1. The number of hydrogen-bond donors (Lipinski definition) is 2. The number of ether oxygens (including phenoxy) is 2. The Bertz CT molecular complexity index is 1320. The second-order valence-corrected chi connectivity index (χ2v) is 11.3. The number of halogens is 4. The van der Waals surface area contributed by atoms with Crippen LogP contribution in [0.3, 0.4) is 0 Å². The van der Waals surface area contributed by atoms with E-state index < -0.39 is 12.1 Å². The zero-order valence-electron chi connectivity index (χ0n) is 25.8. The summed E-state index contributed by atoms with van der Waals surface area (Å²) in [6.07, 6.45) is -3.38. The van der Waals surface area contributed by atoms with Crippen molar-refractivity contribution in [3.63, 3.8) is 0 Å². The molecule has 2 amide bonds. The number of benzene rings is 2. The minimum atomic E-state index is -5.08. The fourth-order valence-corrected chi connectivity index (χ4v) is 5.30. The van der Waals surface area contributed by atoms with Crippen molar-refractivity contribution in [2.75, 3.05) is 46.4 Å². The van der Waals surface area contributed by atoms with Crippen molar-refractivity contribution in [2.45, 2.75) is 58.0 Å². The molecule has 0 radical (unpaired) electrons. The number of carboxylic acids is 1. The minimum absolute atomic E-state index is 0.0647. The Morgan fingerprint density at radius 2 is 1.71 bits per heavy atom. The molecule has 2 unspecified atom stereocenters. The van der Waals surface area contributed by atoms with Gasteiger partial charge in [-0.3, -0.25) is 14.8 Å². The van der Waals surface area contributed by atoms with E-state index in [1.807, 2.05) is 66.1 Å². The molecule has 248 valence electrons. The van der Waals surface area contributed by atoms with Crippen LogP contribution in [0, 0.1) is 0 Å². The normalized spacial score (nSPS) is 18.8. The van der Waals surface area contributed by atoms with Crippen LogP contribution in [0.2, 0.25) is 5.02 Å². The topological polar surface area (TPSA) is 115 Å². The summed E-state index contributed by atoms with van der Waals surface area (Å²) in [6.45, 7) is 9.45. The third kappa shape index (κ3) is 9.47. The SMILES string of the molecule is CCCC1N=C(c2ccc(OC)cc2OC(C)C)N(C(=O)N2CCN(CCO)CC2)C1c1ccc(Cl)cc1.O=C(O)C(F)(F)F. The highest BCUT2D eigenvalue weighted by Gasteiger charge is 2.44. The summed E-state index contributed by atoms with van der Waals surface area (Å²) in [5.74, 6) is -0.826. The Balaban J connectivity index is 0.000000707. The summed E-state index contributed by atoms with van der Waals surface area (Å²) in [6, 6.07) is 13.0. The van der Waals surface area contributed by atoms with E-state index >= 15 is 0 Å². The number of aliphatic imine (C=N–C) groups is 1. The minimum Gasteiger partial charge on any atom is -0.497 e. The molecule has 2 aromatic rings. The average Bonchev–Trinajstić information content (AvgIpc) is 3.36. The summed E-state index contributed by atoms with van der Waals surface area (Å²) in [5, 5.41) is 17.1. The molecule has 2 N–H and O–H groups in total. The highest BCUT2D eigenvalue weighted by Crippen LogP contribution is 2.40. The summed E-state index contributed by atoms with van der Waals surface area (Å²) < 4.78 is 43.4. The Morgan fingerprint density at radius 1 is 1.09 bits per heavy atom. The maximum absolute atomic E-state index is 14.3. The number of aliphatic hydroxyl groups is 1. The van der Waals surface area contributed by atoms with Crippen LogP contribution in [0.15, 0.2) is 47.5 Å². The fraction of sp³-hybridized carbons (Fsp3) is 0.516. The predicted octanol–water partition coefficient (Wildman–Crippen LogP) is 5.47. The Kier molecular flexibility index (Phi) is 12.9. The van der Waals surface area contributed by atoms with E-state index in [0.717, 1.165) is 37.1 Å². The third-order valence-electron chi connectivity index (χ3n) is 7.25. The van der Waals surface area contributed by atoms with Crippen molar-refractivity contribution >= 4 is 29.4 Å². The largest absolute Gasteiger partial charge is 0.497 e. The van der Waals surface area contributed by atoms with E-state index in [9.17, 15) is 23.1 Å². The van der Waals surface area contributed by atoms with Gasteiger partial charge in [-0.25, -0.2) is 9.59 Å². The molecule has 1 fully saturated rings. The second-order valence-electron chi connectivity index (χ2n) is 10.8. The van der Waals surface area contributed by atoms with Gasteiger partial charge in [-0.15, -0.1) is 0 Å². The van der Waals surface area contributed by atoms with Crippen LogP contribution in [-0.2, 0) is 4.79 Å². The molecular weight excluding hydrogens is 617 g/mol. The number of hydrogen-bond acceptors (Lipinski definition) is 7. The van der Waals surface area contributed by atoms with Gasteiger partial charge in [0.15, 0.2) is 0 Å². The average molecular weight is 657 g/mol. The number of amides is 2. The molecule has 2 aliphatic heterocycles. The Labute approximate surface area is 266 Å². The van der Waals surface area contributed by atoms with E-state index in [4.69, 9.17) is 36.0 Å². The number of carbonyl (C=O) groups is 2. The van der Waals surface area contributed by atoms with Crippen LogP contribution in [0.4, 0.5) is 18.0 Å². The van der Waals surface area contributed by atoms with E-state index in [-0.39, 0.29) is 30.8 Å². The molecule has 1 saturated heterocycles. The Hall–Kier alpha value is -3.55. The summed E-state index contributed by atoms with van der Waals surface area (Å²) in [4.78, 5) is 34.3. The molecule has 0 bridgehead atoms. The van der Waals surface area contributed by atoms with Gasteiger partial charge in [0.2, 0.25) is 0 Å². The fourth-order valence-electron chi connectivity index (χ4n) is 5.17. The predicted molar refractivity (Wildman–Crippen MR) is 164 cm³/mol. The summed E-state index contributed by atoms with van der Waals surface area (Å²) in [7, 11) is 1.63. The molecule has 14 heteroatoms. The quantitative estimate of drug-likeness (QED) is 0.368. The summed E-state index contributed by atoms with van der Waals surface area (Å²) >= 11 is 6.23. The number of alkyl halides is 3. The lowest BCUT2D eigenvalue weighted by Crippen LogP contribution is -2.54. The van der Waals surface area contributed by atoms with Crippen molar-refractivity contribution in [1.82, 2.24) is 14.7 Å². The zero-order chi connectivity index (χ0) is 33.3. The first kappa shape index (κ1) is 35.9. The molecule has 2 aliphatic rings. The van der Waals surface area contributed by atoms with Crippen molar-refractivity contribution in [3.05, 3.63) is 58.6 Å². The lowest BCUT2D eigenvalue weighted by atomic mass is 9.96. The molecule has 10 nitrogen and oxygen atoms in total. The molecule has 45 heavy (non-hydrogen) atoms. The standard InChI is InChI=1S/C29H39ClN4O4.C2HF3O2/c1-5-6-25-27(21-7-9-22(30)10-8-21)34(29(36)33-15-13-32(14-16-33)17-18-35)28(31-25)24-12-11-23(37-4)19-26(24)38-20(2)3;3-2(4,5)1(6)7/h7-12,19-20,25,27,35H,5-6,13-18H2,1-4H3;(H,6,7). The zero-order valence-corrected chi connectivity index (χ0v) is 26.5. The second kappa shape index (κ2) is 16.1. The van der Waals surface area contributed by atoms with Gasteiger partial charge in [-0.05, 0) is 50.1 Å². The number of piperazine rings is 1. The van der Waals surface area contributed by atoms with Gasteiger partial charge in [0, 0.05) is 43.8 Å². The smallest absolute Gasteiger partial charge is 0.490 e. The molecule has 2 heterocycles. The van der Waals surface area contributed by atoms with Crippen LogP contribution in [0.1, 0.15) is 50.8 Å². The van der Waals surface area contributed by atoms with Crippen molar-refractivity contribution < 1.29 is 42.4 Å². The number of methoxy groups -OCH3 is 1. The van der Waals surface area contributed by atoms with Crippen LogP contribution >= 0.6 is 11.6 Å². The van der Waals surface area contributed by atoms with Gasteiger partial charge in [-0.1, -0.05) is 37.1 Å². The maximum atomic E-state index is 14.3. The first-order valence-electron chi connectivity index (χ1n) is 14.7. The van der Waals surface area contributed by atoms with E-state index in [1.54, 1.807) is 7.11 Å². The maximum Gasteiger partial charge on any atom is 0.490 e.